The van der Waals surface area contributed by atoms with E-state index < -0.39 is 5.97 Å². The zero-order valence-electron chi connectivity index (χ0n) is 23.4. The van der Waals surface area contributed by atoms with E-state index in [1.165, 1.54) is 0 Å². The van der Waals surface area contributed by atoms with E-state index >= 15 is 0 Å². The van der Waals surface area contributed by atoms with Gasteiger partial charge in [0.05, 0.1) is 29.1 Å². The van der Waals surface area contributed by atoms with Crippen molar-refractivity contribution in [1.82, 2.24) is 10.2 Å². The molecule has 3 N–H and O–H groups in total. The highest BCUT2D eigenvalue weighted by molar-refractivity contribution is 6.37. The number of ether oxygens (including phenoxy) is 1. The third-order valence-corrected chi connectivity index (χ3v) is 7.34. The SMILES string of the molecule is CCOC(=O)c1ccc2c(c1)NC(=O)/C2=C(\Nc1ccc(N(C)C(=O)CCN2CCNCC2)cc1)c1ccccc1. The van der Waals surface area contributed by atoms with Gasteiger partial charge in [0.15, 0.2) is 0 Å². The predicted octanol–water partition coefficient (Wildman–Crippen LogP) is 4.05. The number of hydrogen-bond acceptors (Lipinski definition) is 7. The molecule has 0 atom stereocenters. The Morgan fingerprint density at radius 3 is 2.41 bits per heavy atom. The summed E-state index contributed by atoms with van der Waals surface area (Å²) in [6, 6.07) is 22.3. The minimum atomic E-state index is -0.435. The standard InChI is InChI=1S/C32H35N5O4/c1-3-41-32(40)23-9-14-26-27(21-23)35-31(39)29(26)30(22-7-5-4-6-8-22)34-24-10-12-25(13-11-24)36(2)28(38)15-18-37-19-16-33-17-20-37/h4-14,21,33-34H,3,15-20H2,1-2H3,(H,35,39)/b30-29-. The second kappa shape index (κ2) is 12.8. The number of anilines is 3. The quantitative estimate of drug-likeness (QED) is 0.271. The molecular weight excluding hydrogens is 518 g/mol. The van der Waals surface area contributed by atoms with Crippen molar-refractivity contribution in [3.05, 3.63) is 89.5 Å². The Balaban J connectivity index is 1.38. The van der Waals surface area contributed by atoms with Crippen LogP contribution in [0.5, 0.6) is 0 Å². The molecule has 9 heteroatoms. The zero-order valence-corrected chi connectivity index (χ0v) is 23.4. The number of nitrogens with zero attached hydrogens (tertiary/aromatic N) is 2. The summed E-state index contributed by atoms with van der Waals surface area (Å²) in [5, 5.41) is 9.67. The average Bonchev–Trinajstić information content (AvgIpc) is 3.34. The number of esters is 1. The molecule has 3 aromatic carbocycles. The van der Waals surface area contributed by atoms with Crippen LogP contribution in [0.2, 0.25) is 0 Å². The van der Waals surface area contributed by atoms with E-state index in [1.54, 1.807) is 37.1 Å². The lowest BCUT2D eigenvalue weighted by Gasteiger charge is -2.27. The van der Waals surface area contributed by atoms with Gasteiger partial charge >= 0.3 is 5.97 Å². The predicted molar refractivity (Wildman–Crippen MR) is 162 cm³/mol. The van der Waals surface area contributed by atoms with Crippen molar-refractivity contribution in [1.29, 1.82) is 0 Å². The molecule has 3 aromatic rings. The maximum absolute atomic E-state index is 13.3. The normalized spacial score (nSPS) is 16.0. The summed E-state index contributed by atoms with van der Waals surface area (Å²) in [4.78, 5) is 42.3. The topological polar surface area (TPSA) is 103 Å². The maximum atomic E-state index is 13.3. The number of rotatable bonds is 9. The third kappa shape index (κ3) is 6.48. The van der Waals surface area contributed by atoms with Crippen molar-refractivity contribution in [2.24, 2.45) is 0 Å². The van der Waals surface area contributed by atoms with Gasteiger partial charge in [-0.2, -0.15) is 0 Å². The number of nitrogens with one attached hydrogen (secondary N) is 3. The Morgan fingerprint density at radius 1 is 0.976 bits per heavy atom. The number of carbonyl (C=O) groups excluding carboxylic acids is 3. The monoisotopic (exact) mass is 553 g/mol. The Bertz CT molecular complexity index is 1450. The van der Waals surface area contributed by atoms with Crippen LogP contribution in [0, 0.1) is 0 Å². The summed E-state index contributed by atoms with van der Waals surface area (Å²) in [5.74, 6) is -0.632. The highest BCUT2D eigenvalue weighted by Crippen LogP contribution is 2.38. The molecule has 5 rings (SSSR count). The van der Waals surface area contributed by atoms with Crippen molar-refractivity contribution < 1.29 is 19.1 Å². The summed E-state index contributed by atoms with van der Waals surface area (Å²) in [7, 11) is 1.80. The van der Waals surface area contributed by atoms with E-state index in [0.717, 1.165) is 49.7 Å². The third-order valence-electron chi connectivity index (χ3n) is 7.34. The summed E-state index contributed by atoms with van der Waals surface area (Å²) in [6.07, 6.45) is 0.465. The minimum Gasteiger partial charge on any atom is -0.462 e. The Hall–Kier alpha value is -4.47. The molecule has 0 saturated carbocycles. The second-order valence-corrected chi connectivity index (χ2v) is 10.0. The van der Waals surface area contributed by atoms with Crippen molar-refractivity contribution in [3.63, 3.8) is 0 Å². The molecule has 0 unspecified atom stereocenters. The lowest BCUT2D eigenvalue weighted by Crippen LogP contribution is -2.44. The highest BCUT2D eigenvalue weighted by Gasteiger charge is 2.29. The van der Waals surface area contributed by atoms with Gasteiger partial charge in [-0.3, -0.25) is 9.59 Å². The molecule has 1 fully saturated rings. The lowest BCUT2D eigenvalue weighted by atomic mass is 9.99. The Kier molecular flexibility index (Phi) is 8.76. The first-order valence-corrected chi connectivity index (χ1v) is 13.9. The van der Waals surface area contributed by atoms with Gasteiger partial charge in [0, 0.05) is 63.1 Å². The molecule has 0 aromatic heterocycles. The van der Waals surface area contributed by atoms with Gasteiger partial charge in [-0.1, -0.05) is 36.4 Å². The molecule has 0 radical (unpaired) electrons. The summed E-state index contributed by atoms with van der Waals surface area (Å²) in [5.41, 5.74) is 5.15. The number of fused-ring (bicyclic) bond motifs is 1. The number of hydrogen-bond donors (Lipinski definition) is 3. The maximum Gasteiger partial charge on any atom is 0.338 e. The largest absolute Gasteiger partial charge is 0.462 e. The Labute approximate surface area is 240 Å². The van der Waals surface area contributed by atoms with Crippen LogP contribution in [-0.4, -0.2) is 69.1 Å². The van der Waals surface area contributed by atoms with Crippen LogP contribution < -0.4 is 20.9 Å². The van der Waals surface area contributed by atoms with Crippen molar-refractivity contribution in [2.45, 2.75) is 13.3 Å². The van der Waals surface area contributed by atoms with Gasteiger partial charge in [0.25, 0.3) is 5.91 Å². The van der Waals surface area contributed by atoms with Gasteiger partial charge in [0.2, 0.25) is 5.91 Å². The van der Waals surface area contributed by atoms with Crippen molar-refractivity contribution >= 4 is 46.1 Å². The second-order valence-electron chi connectivity index (χ2n) is 10.0. The molecule has 41 heavy (non-hydrogen) atoms. The van der Waals surface area contributed by atoms with E-state index in [9.17, 15) is 14.4 Å². The van der Waals surface area contributed by atoms with Crippen LogP contribution in [0.3, 0.4) is 0 Å². The fourth-order valence-corrected chi connectivity index (χ4v) is 5.06. The zero-order chi connectivity index (χ0) is 28.8. The number of amides is 2. The number of carbonyl (C=O) groups is 3. The van der Waals surface area contributed by atoms with Crippen molar-refractivity contribution in [3.8, 4) is 0 Å². The summed E-state index contributed by atoms with van der Waals surface area (Å²) >= 11 is 0. The molecule has 0 spiro atoms. The molecule has 2 heterocycles. The number of benzene rings is 3. The molecule has 2 amide bonds. The molecular formula is C32H35N5O4. The van der Waals surface area contributed by atoms with E-state index in [2.05, 4.69) is 20.9 Å². The average molecular weight is 554 g/mol. The smallest absolute Gasteiger partial charge is 0.338 e. The molecule has 2 aliphatic rings. The van der Waals surface area contributed by atoms with Crippen LogP contribution in [-0.2, 0) is 14.3 Å². The van der Waals surface area contributed by atoms with Crippen molar-refractivity contribution in [2.75, 3.05) is 61.9 Å². The molecule has 212 valence electrons. The van der Waals surface area contributed by atoms with Crippen LogP contribution in [0.4, 0.5) is 17.1 Å². The van der Waals surface area contributed by atoms with Gasteiger partial charge in [-0.25, -0.2) is 4.79 Å². The molecule has 0 bridgehead atoms. The van der Waals surface area contributed by atoms with E-state index in [1.807, 2.05) is 54.6 Å². The minimum absolute atomic E-state index is 0.0674. The van der Waals surface area contributed by atoms with Crippen LogP contribution in [0.1, 0.15) is 34.8 Å². The van der Waals surface area contributed by atoms with Crippen LogP contribution >= 0.6 is 0 Å². The molecule has 2 aliphatic heterocycles. The molecule has 1 saturated heterocycles. The van der Waals surface area contributed by atoms with E-state index in [0.29, 0.717) is 34.5 Å². The van der Waals surface area contributed by atoms with Gasteiger partial charge < -0.3 is 30.5 Å². The molecule has 0 aliphatic carbocycles. The van der Waals surface area contributed by atoms with Gasteiger partial charge in [-0.05, 0) is 48.9 Å². The first kappa shape index (κ1) is 28.1. The number of piperazine rings is 1. The Morgan fingerprint density at radius 2 is 1.71 bits per heavy atom. The molecule has 9 nitrogen and oxygen atoms in total. The summed E-state index contributed by atoms with van der Waals surface area (Å²) < 4.78 is 5.11. The van der Waals surface area contributed by atoms with E-state index in [4.69, 9.17) is 4.74 Å². The van der Waals surface area contributed by atoms with Gasteiger partial charge in [0.1, 0.15) is 0 Å². The fraction of sp³-hybridized carbons (Fsp3) is 0.281. The van der Waals surface area contributed by atoms with Crippen LogP contribution in [0.15, 0.2) is 72.8 Å². The lowest BCUT2D eigenvalue weighted by molar-refractivity contribution is -0.118. The highest BCUT2D eigenvalue weighted by atomic mass is 16.5. The van der Waals surface area contributed by atoms with Gasteiger partial charge in [-0.15, -0.1) is 0 Å². The first-order valence-electron chi connectivity index (χ1n) is 13.9. The van der Waals surface area contributed by atoms with E-state index in [-0.39, 0.29) is 18.4 Å². The fourth-order valence-electron chi connectivity index (χ4n) is 5.06. The first-order chi connectivity index (χ1) is 19.9. The summed E-state index contributed by atoms with van der Waals surface area (Å²) in [6.45, 7) is 6.63. The van der Waals surface area contributed by atoms with Crippen LogP contribution in [0.25, 0.3) is 11.3 Å².